The number of carbonyl (C=O) groups excluding carboxylic acids is 1. The third-order valence-electron chi connectivity index (χ3n) is 2.61. The van der Waals surface area contributed by atoms with E-state index in [1.165, 1.54) is 0 Å². The maximum Gasteiger partial charge on any atom is 0.375 e. The van der Waals surface area contributed by atoms with Crippen LogP contribution in [0.25, 0.3) is 11.1 Å². The molecule has 2 rings (SSSR count). The van der Waals surface area contributed by atoms with Crippen LogP contribution in [-0.2, 0) is 11.3 Å². The van der Waals surface area contributed by atoms with E-state index in [0.29, 0.717) is 11.3 Å². The summed E-state index contributed by atoms with van der Waals surface area (Å²) in [4.78, 5) is 12.2. The molecule has 0 aliphatic heterocycles. The number of hydrogen-bond donors (Lipinski definition) is 1. The van der Waals surface area contributed by atoms with E-state index in [9.17, 15) is 9.90 Å². The minimum absolute atomic E-state index is 0.121. The van der Waals surface area contributed by atoms with E-state index in [1.807, 2.05) is 30.3 Å². The van der Waals surface area contributed by atoms with Gasteiger partial charge in [-0.15, -0.1) is 0 Å². The van der Waals surface area contributed by atoms with Crippen LogP contribution in [0.15, 0.2) is 40.8 Å². The molecule has 0 radical (unpaired) electrons. The third kappa shape index (κ3) is 3.27. The minimum atomic E-state index is -0.600. The summed E-state index contributed by atoms with van der Waals surface area (Å²) in [6.07, 6.45) is 0. The molecule has 0 saturated heterocycles. The summed E-state index contributed by atoms with van der Waals surface area (Å²) in [5.74, 6) is -0.0732. The molecule has 0 fully saturated rings. The number of esters is 1. The number of ether oxygens (including phenoxy) is 1. The quantitative estimate of drug-likeness (QED) is 0.871. The summed E-state index contributed by atoms with van der Waals surface area (Å²) in [7, 11) is 0. The molecule has 4 heteroatoms. The molecule has 1 aromatic heterocycles. The van der Waals surface area contributed by atoms with Crippen LogP contribution in [0.2, 0.25) is 0 Å². The first-order chi connectivity index (χ1) is 9.40. The van der Waals surface area contributed by atoms with Gasteiger partial charge in [0, 0.05) is 5.56 Å². The van der Waals surface area contributed by atoms with Gasteiger partial charge in [0.05, 0.1) is 0 Å². The Bertz CT molecular complexity index is 591. The zero-order chi connectivity index (χ0) is 14.8. The Morgan fingerprint density at radius 2 is 1.90 bits per heavy atom. The number of carbonyl (C=O) groups is 1. The number of aliphatic hydroxyl groups excluding tert-OH is 1. The lowest BCUT2D eigenvalue weighted by molar-refractivity contribution is 0.00341. The lowest BCUT2D eigenvalue weighted by Crippen LogP contribution is -2.23. The Morgan fingerprint density at radius 3 is 2.45 bits per heavy atom. The van der Waals surface area contributed by atoms with Crippen molar-refractivity contribution in [3.63, 3.8) is 0 Å². The summed E-state index contributed by atoms with van der Waals surface area (Å²) in [6, 6.07) is 11.1. The van der Waals surface area contributed by atoms with E-state index >= 15 is 0 Å². The smallest absolute Gasteiger partial charge is 0.375 e. The van der Waals surface area contributed by atoms with E-state index in [1.54, 1.807) is 26.8 Å². The Hall–Kier alpha value is -2.07. The molecule has 0 spiro atoms. The van der Waals surface area contributed by atoms with Gasteiger partial charge in [-0.05, 0) is 32.4 Å². The first kappa shape index (κ1) is 14.3. The summed E-state index contributed by atoms with van der Waals surface area (Å²) < 4.78 is 10.7. The molecule has 1 aromatic carbocycles. The molecule has 1 heterocycles. The molecule has 106 valence electrons. The standard InChI is InChI=1S/C16H18O4/c1-16(2,3)20-15(18)14-13(9-12(10-17)19-14)11-7-5-4-6-8-11/h4-9,17H,10H2,1-3H3. The maximum atomic E-state index is 12.2. The van der Waals surface area contributed by atoms with Crippen LogP contribution in [0.4, 0.5) is 0 Å². The number of furan rings is 1. The van der Waals surface area contributed by atoms with Gasteiger partial charge < -0.3 is 14.3 Å². The van der Waals surface area contributed by atoms with E-state index < -0.39 is 11.6 Å². The fourth-order valence-electron chi connectivity index (χ4n) is 1.83. The Kier molecular flexibility index (Phi) is 3.95. The van der Waals surface area contributed by atoms with Crippen molar-refractivity contribution in [3.05, 3.63) is 47.9 Å². The molecule has 0 atom stereocenters. The van der Waals surface area contributed by atoms with Gasteiger partial charge >= 0.3 is 5.97 Å². The Balaban J connectivity index is 2.42. The number of hydrogen-bond acceptors (Lipinski definition) is 4. The number of rotatable bonds is 3. The van der Waals surface area contributed by atoms with Gasteiger partial charge in [0.25, 0.3) is 0 Å². The van der Waals surface area contributed by atoms with Gasteiger partial charge in [0.15, 0.2) is 0 Å². The van der Waals surface area contributed by atoms with E-state index in [0.717, 1.165) is 5.56 Å². The van der Waals surface area contributed by atoms with E-state index in [-0.39, 0.29) is 12.4 Å². The lowest BCUT2D eigenvalue weighted by Gasteiger charge is -2.18. The van der Waals surface area contributed by atoms with Crippen molar-refractivity contribution in [1.29, 1.82) is 0 Å². The average molecular weight is 274 g/mol. The topological polar surface area (TPSA) is 59.7 Å². The zero-order valence-electron chi connectivity index (χ0n) is 11.8. The molecule has 0 unspecified atom stereocenters. The molecular weight excluding hydrogens is 256 g/mol. The summed E-state index contributed by atoms with van der Waals surface area (Å²) in [5, 5.41) is 9.19. The third-order valence-corrected chi connectivity index (χ3v) is 2.61. The molecular formula is C16H18O4. The average Bonchev–Trinajstić information content (AvgIpc) is 2.82. The number of aliphatic hydroxyl groups is 1. The van der Waals surface area contributed by atoms with Gasteiger partial charge in [0.1, 0.15) is 18.0 Å². The van der Waals surface area contributed by atoms with Crippen molar-refractivity contribution >= 4 is 5.97 Å². The largest absolute Gasteiger partial charge is 0.454 e. The monoisotopic (exact) mass is 274 g/mol. The van der Waals surface area contributed by atoms with Crippen LogP contribution in [-0.4, -0.2) is 16.7 Å². The maximum absolute atomic E-state index is 12.2. The van der Waals surface area contributed by atoms with Crippen molar-refractivity contribution in [2.24, 2.45) is 0 Å². The second-order valence-electron chi connectivity index (χ2n) is 5.48. The second-order valence-corrected chi connectivity index (χ2v) is 5.48. The van der Waals surface area contributed by atoms with E-state index in [4.69, 9.17) is 9.15 Å². The van der Waals surface area contributed by atoms with Gasteiger partial charge in [-0.25, -0.2) is 4.79 Å². The Morgan fingerprint density at radius 1 is 1.25 bits per heavy atom. The first-order valence-electron chi connectivity index (χ1n) is 6.43. The predicted octanol–water partition coefficient (Wildman–Crippen LogP) is 3.39. The molecule has 4 nitrogen and oxygen atoms in total. The molecule has 1 N–H and O–H groups in total. The minimum Gasteiger partial charge on any atom is -0.454 e. The van der Waals surface area contributed by atoms with Crippen molar-refractivity contribution in [1.82, 2.24) is 0 Å². The number of benzene rings is 1. The van der Waals surface area contributed by atoms with Gasteiger partial charge in [0.2, 0.25) is 5.76 Å². The molecule has 0 aliphatic carbocycles. The zero-order valence-corrected chi connectivity index (χ0v) is 11.8. The van der Waals surface area contributed by atoms with Crippen LogP contribution in [0.5, 0.6) is 0 Å². The highest BCUT2D eigenvalue weighted by atomic mass is 16.6. The summed E-state index contributed by atoms with van der Waals surface area (Å²) >= 11 is 0. The van der Waals surface area contributed by atoms with Crippen LogP contribution >= 0.6 is 0 Å². The molecule has 0 aliphatic rings. The highest BCUT2D eigenvalue weighted by molar-refractivity contribution is 5.94. The summed E-state index contributed by atoms with van der Waals surface area (Å²) in [6.45, 7) is 5.12. The molecule has 0 bridgehead atoms. The first-order valence-corrected chi connectivity index (χ1v) is 6.43. The summed E-state index contributed by atoms with van der Waals surface area (Å²) in [5.41, 5.74) is 0.873. The fourth-order valence-corrected chi connectivity index (χ4v) is 1.83. The van der Waals surface area contributed by atoms with E-state index in [2.05, 4.69) is 0 Å². The SMILES string of the molecule is CC(C)(C)OC(=O)c1oc(CO)cc1-c1ccccc1. The van der Waals surface area contributed by atoms with Crippen molar-refractivity contribution in [3.8, 4) is 11.1 Å². The van der Waals surface area contributed by atoms with Crippen LogP contribution in [0, 0.1) is 0 Å². The molecule has 2 aromatic rings. The van der Waals surface area contributed by atoms with Crippen molar-refractivity contribution in [2.75, 3.05) is 0 Å². The van der Waals surface area contributed by atoms with Crippen molar-refractivity contribution < 1.29 is 19.1 Å². The van der Waals surface area contributed by atoms with Crippen LogP contribution in [0.1, 0.15) is 37.1 Å². The Labute approximate surface area is 118 Å². The normalized spacial score (nSPS) is 11.4. The molecule has 0 saturated carbocycles. The fraction of sp³-hybridized carbons (Fsp3) is 0.312. The van der Waals surface area contributed by atoms with Gasteiger partial charge in [-0.1, -0.05) is 30.3 Å². The lowest BCUT2D eigenvalue weighted by atomic mass is 10.1. The predicted molar refractivity (Wildman–Crippen MR) is 75.2 cm³/mol. The second kappa shape index (κ2) is 5.51. The molecule has 20 heavy (non-hydrogen) atoms. The highest BCUT2D eigenvalue weighted by Crippen LogP contribution is 2.29. The van der Waals surface area contributed by atoms with Gasteiger partial charge in [-0.2, -0.15) is 0 Å². The molecule has 0 amide bonds. The van der Waals surface area contributed by atoms with Crippen LogP contribution < -0.4 is 0 Å². The highest BCUT2D eigenvalue weighted by Gasteiger charge is 2.25. The van der Waals surface area contributed by atoms with Crippen LogP contribution in [0.3, 0.4) is 0 Å². The van der Waals surface area contributed by atoms with Gasteiger partial charge in [-0.3, -0.25) is 0 Å². The van der Waals surface area contributed by atoms with Crippen molar-refractivity contribution in [2.45, 2.75) is 33.0 Å².